The molecule has 0 aliphatic carbocycles. The van der Waals surface area contributed by atoms with Crippen LogP contribution in [0, 0.1) is 0 Å². The lowest BCUT2D eigenvalue weighted by molar-refractivity contribution is 0.459. The van der Waals surface area contributed by atoms with Gasteiger partial charge in [-0.1, -0.05) is 59.8 Å². The molecular weight excluding hydrogens is 298 g/mol. The molecule has 116 valence electrons. The molecule has 0 fully saturated rings. The van der Waals surface area contributed by atoms with Gasteiger partial charge in [-0.3, -0.25) is 0 Å². The van der Waals surface area contributed by atoms with Crippen LogP contribution in [0.2, 0.25) is 0 Å². The van der Waals surface area contributed by atoms with Crippen molar-refractivity contribution in [1.82, 2.24) is 5.16 Å². The fourth-order valence-electron chi connectivity index (χ4n) is 2.63. The van der Waals surface area contributed by atoms with Crippen molar-refractivity contribution in [2.75, 3.05) is 0 Å². The van der Waals surface area contributed by atoms with E-state index < -0.39 is 0 Å². The summed E-state index contributed by atoms with van der Waals surface area (Å²) >= 11 is 0. The molecule has 0 aliphatic rings. The lowest BCUT2D eigenvalue weighted by Gasteiger charge is -2.02. The van der Waals surface area contributed by atoms with E-state index in [0.29, 0.717) is 5.84 Å². The number of para-hydroxylation sites is 1. The van der Waals surface area contributed by atoms with Crippen molar-refractivity contribution in [2.24, 2.45) is 10.7 Å². The zero-order chi connectivity index (χ0) is 16.4. The van der Waals surface area contributed by atoms with Crippen LogP contribution >= 0.6 is 0 Å². The number of hydrogen-bond acceptors (Lipinski definition) is 3. The molecule has 4 nitrogen and oxygen atoms in total. The first-order chi connectivity index (χ1) is 11.8. The van der Waals surface area contributed by atoms with Crippen molar-refractivity contribution in [3.05, 3.63) is 84.4 Å². The molecule has 0 atom stereocenters. The second kappa shape index (κ2) is 6.01. The third-order valence-electron chi connectivity index (χ3n) is 3.82. The number of aromatic nitrogens is 1. The lowest BCUT2D eigenvalue weighted by Crippen LogP contribution is -2.12. The van der Waals surface area contributed by atoms with Gasteiger partial charge in [-0.05, 0) is 24.3 Å². The summed E-state index contributed by atoms with van der Waals surface area (Å²) < 4.78 is 5.38. The number of nitrogens with zero attached hydrogens (tertiary/aromatic N) is 2. The van der Waals surface area contributed by atoms with Gasteiger partial charge in [0.2, 0.25) is 0 Å². The van der Waals surface area contributed by atoms with Gasteiger partial charge in [0.05, 0.1) is 5.69 Å². The van der Waals surface area contributed by atoms with Crippen molar-refractivity contribution >= 4 is 22.5 Å². The monoisotopic (exact) mass is 313 g/mol. The predicted molar refractivity (Wildman–Crippen MR) is 96.3 cm³/mol. The van der Waals surface area contributed by atoms with Gasteiger partial charge >= 0.3 is 0 Å². The molecule has 4 rings (SSSR count). The summed E-state index contributed by atoms with van der Waals surface area (Å²) in [6.45, 7) is 0. The number of nitrogens with two attached hydrogens (primary N) is 1. The quantitative estimate of drug-likeness (QED) is 0.446. The zero-order valence-electron chi connectivity index (χ0n) is 12.9. The number of fused-ring (bicyclic) bond motifs is 1. The molecule has 0 amide bonds. The minimum atomic E-state index is 0.484. The highest BCUT2D eigenvalue weighted by molar-refractivity contribution is 5.99. The number of rotatable bonds is 3. The maximum absolute atomic E-state index is 6.10. The molecule has 0 spiro atoms. The van der Waals surface area contributed by atoms with Gasteiger partial charge in [0.1, 0.15) is 11.5 Å². The molecule has 0 radical (unpaired) electrons. The van der Waals surface area contributed by atoms with Crippen LogP contribution in [-0.2, 0) is 0 Å². The molecule has 3 aromatic carbocycles. The molecule has 1 heterocycles. The van der Waals surface area contributed by atoms with Crippen molar-refractivity contribution in [3.63, 3.8) is 0 Å². The molecule has 4 heteroatoms. The van der Waals surface area contributed by atoms with E-state index in [4.69, 9.17) is 10.3 Å². The van der Waals surface area contributed by atoms with E-state index in [1.165, 1.54) is 0 Å². The van der Waals surface area contributed by atoms with Crippen LogP contribution in [-0.4, -0.2) is 11.0 Å². The topological polar surface area (TPSA) is 64.4 Å². The summed E-state index contributed by atoms with van der Waals surface area (Å²) in [6.07, 6.45) is 0. The van der Waals surface area contributed by atoms with Crippen LogP contribution in [0.5, 0.6) is 0 Å². The number of hydrogen-bond donors (Lipinski definition) is 1. The van der Waals surface area contributed by atoms with Gasteiger partial charge < -0.3 is 10.3 Å². The maximum Gasteiger partial charge on any atom is 0.167 e. The van der Waals surface area contributed by atoms with Crippen LogP contribution in [0.3, 0.4) is 0 Å². The molecule has 0 unspecified atom stereocenters. The third-order valence-corrected chi connectivity index (χ3v) is 3.82. The van der Waals surface area contributed by atoms with Crippen molar-refractivity contribution in [1.29, 1.82) is 0 Å². The first-order valence-corrected chi connectivity index (χ1v) is 7.66. The van der Waals surface area contributed by atoms with E-state index >= 15 is 0 Å². The zero-order valence-corrected chi connectivity index (χ0v) is 12.9. The Labute approximate surface area is 139 Å². The fourth-order valence-corrected chi connectivity index (χ4v) is 2.63. The largest absolute Gasteiger partial charge is 0.383 e. The average Bonchev–Trinajstić information content (AvgIpc) is 3.07. The molecule has 0 saturated heterocycles. The lowest BCUT2D eigenvalue weighted by atomic mass is 10.1. The van der Waals surface area contributed by atoms with Gasteiger partial charge in [-0.2, -0.15) is 0 Å². The third kappa shape index (κ3) is 2.65. The Morgan fingerprint density at radius 2 is 1.67 bits per heavy atom. The Morgan fingerprint density at radius 1 is 0.875 bits per heavy atom. The summed E-state index contributed by atoms with van der Waals surface area (Å²) in [6, 6.07) is 25.3. The van der Waals surface area contributed by atoms with Crippen LogP contribution in [0.25, 0.3) is 22.2 Å². The predicted octanol–water partition coefficient (Wildman–Crippen LogP) is 4.53. The molecular formula is C20H15N3O. The minimum Gasteiger partial charge on any atom is -0.383 e. The van der Waals surface area contributed by atoms with Crippen LogP contribution in [0.15, 0.2) is 88.4 Å². The summed E-state index contributed by atoms with van der Waals surface area (Å²) in [4.78, 5) is 4.52. The smallest absolute Gasteiger partial charge is 0.167 e. The number of benzene rings is 3. The highest BCUT2D eigenvalue weighted by Crippen LogP contribution is 2.30. The minimum absolute atomic E-state index is 0.484. The molecule has 1 aromatic heterocycles. The first-order valence-electron chi connectivity index (χ1n) is 7.66. The summed E-state index contributed by atoms with van der Waals surface area (Å²) in [5.41, 5.74) is 10.3. The summed E-state index contributed by atoms with van der Waals surface area (Å²) in [7, 11) is 0. The Hall–Kier alpha value is -3.40. The van der Waals surface area contributed by atoms with Gasteiger partial charge in [0, 0.05) is 16.5 Å². The highest BCUT2D eigenvalue weighted by atomic mass is 16.5. The fraction of sp³-hybridized carbons (Fsp3) is 0. The Balaban J connectivity index is 1.74. The average molecular weight is 313 g/mol. The van der Waals surface area contributed by atoms with Crippen molar-refractivity contribution in [2.45, 2.75) is 0 Å². The number of aliphatic imine (C=N–C) groups is 1. The summed E-state index contributed by atoms with van der Waals surface area (Å²) in [5, 5.41) is 5.17. The number of amidine groups is 1. The highest BCUT2D eigenvalue weighted by Gasteiger charge is 2.10. The molecule has 0 bridgehead atoms. The molecule has 24 heavy (non-hydrogen) atoms. The first kappa shape index (κ1) is 14.2. The van der Waals surface area contributed by atoms with E-state index in [1.807, 2.05) is 78.9 Å². The van der Waals surface area contributed by atoms with E-state index in [-0.39, 0.29) is 0 Å². The van der Waals surface area contributed by atoms with Crippen LogP contribution < -0.4 is 5.73 Å². The maximum atomic E-state index is 6.10. The van der Waals surface area contributed by atoms with Crippen LogP contribution in [0.1, 0.15) is 5.56 Å². The van der Waals surface area contributed by atoms with Crippen molar-refractivity contribution in [3.8, 4) is 11.3 Å². The molecule has 0 aliphatic heterocycles. The second-order valence-electron chi connectivity index (χ2n) is 5.44. The van der Waals surface area contributed by atoms with Crippen molar-refractivity contribution < 1.29 is 4.52 Å². The van der Waals surface area contributed by atoms with E-state index in [2.05, 4.69) is 10.1 Å². The summed E-state index contributed by atoms with van der Waals surface area (Å²) in [5.74, 6) is 0.484. The van der Waals surface area contributed by atoms with Gasteiger partial charge in [0.15, 0.2) is 5.58 Å². The standard InChI is InChI=1S/C20H15N3O/c21-20(14-7-2-1-3-8-14)22-16-10-6-9-15(13-16)19-17-11-4-5-12-18(17)24-23-19/h1-13H,(H2,21,22). The van der Waals surface area contributed by atoms with Gasteiger partial charge in [0.25, 0.3) is 0 Å². The van der Waals surface area contributed by atoms with Gasteiger partial charge in [-0.15, -0.1) is 0 Å². The molecule has 0 saturated carbocycles. The Kier molecular flexibility index (Phi) is 3.56. The normalized spacial score (nSPS) is 11.8. The molecule has 4 aromatic rings. The Morgan fingerprint density at radius 3 is 2.54 bits per heavy atom. The second-order valence-corrected chi connectivity index (χ2v) is 5.44. The Bertz CT molecular complexity index is 1020. The van der Waals surface area contributed by atoms with Crippen LogP contribution in [0.4, 0.5) is 5.69 Å². The van der Waals surface area contributed by atoms with E-state index in [9.17, 15) is 0 Å². The SMILES string of the molecule is NC(=Nc1cccc(-c2noc3ccccc23)c1)c1ccccc1. The van der Waals surface area contributed by atoms with E-state index in [1.54, 1.807) is 0 Å². The molecule has 2 N–H and O–H groups in total. The van der Waals surface area contributed by atoms with Gasteiger partial charge in [-0.25, -0.2) is 4.99 Å². The van der Waals surface area contributed by atoms with E-state index in [0.717, 1.165) is 33.5 Å².